The van der Waals surface area contributed by atoms with E-state index in [0.717, 1.165) is 26.1 Å². The van der Waals surface area contributed by atoms with Gasteiger partial charge in [0.1, 0.15) is 0 Å². The van der Waals surface area contributed by atoms with Crippen LogP contribution in [0.1, 0.15) is 12.8 Å². The van der Waals surface area contributed by atoms with Crippen molar-refractivity contribution in [3.8, 4) is 0 Å². The van der Waals surface area contributed by atoms with Gasteiger partial charge in [-0.15, -0.1) is 12.4 Å². The van der Waals surface area contributed by atoms with Crippen LogP contribution in [0.5, 0.6) is 0 Å². The topological polar surface area (TPSA) is 44.4 Å². The van der Waals surface area contributed by atoms with Gasteiger partial charge >= 0.3 is 0 Å². The third kappa shape index (κ3) is 4.10. The van der Waals surface area contributed by atoms with E-state index >= 15 is 0 Å². The number of anilines is 1. The van der Waals surface area contributed by atoms with Gasteiger partial charge in [0.05, 0.1) is 17.3 Å². The van der Waals surface area contributed by atoms with Gasteiger partial charge in [0.2, 0.25) is 5.91 Å². The molecule has 0 saturated carbocycles. The van der Waals surface area contributed by atoms with Crippen molar-refractivity contribution >= 4 is 35.6 Å². The highest BCUT2D eigenvalue weighted by molar-refractivity contribution is 6.33. The summed E-state index contributed by atoms with van der Waals surface area (Å²) in [7, 11) is 0. The lowest BCUT2D eigenvalue weighted by Gasteiger charge is -2.34. The number of likely N-dealkylation sites (tertiary alicyclic amines) is 1. The summed E-state index contributed by atoms with van der Waals surface area (Å²) in [6.45, 7) is 3.58. The molecular weight excluding hydrogens is 309 g/mol. The number of hydrogen-bond acceptors (Lipinski definition) is 3. The predicted molar refractivity (Wildman–Crippen MR) is 88.3 cm³/mol. The highest BCUT2D eigenvalue weighted by atomic mass is 35.5. The minimum Gasteiger partial charge on any atom is -0.324 e. The Hall–Kier alpha value is -0.810. The highest BCUT2D eigenvalue weighted by Gasteiger charge is 2.32. The number of carbonyl (C=O) groups is 1. The number of fused-ring (bicyclic) bond motifs is 1. The zero-order valence-corrected chi connectivity index (χ0v) is 13.4. The Kier molecular flexibility index (Phi) is 5.88. The molecule has 3 rings (SSSR count). The molecule has 0 radical (unpaired) electrons. The Morgan fingerprint density at radius 2 is 2.19 bits per heavy atom. The van der Waals surface area contributed by atoms with E-state index in [1.807, 2.05) is 18.2 Å². The van der Waals surface area contributed by atoms with Crippen LogP contribution < -0.4 is 10.6 Å². The summed E-state index contributed by atoms with van der Waals surface area (Å²) in [4.78, 5) is 14.3. The number of piperidine rings is 1. The number of benzene rings is 1. The van der Waals surface area contributed by atoms with Crippen LogP contribution in [0.25, 0.3) is 0 Å². The molecule has 2 atom stereocenters. The van der Waals surface area contributed by atoms with Crippen LogP contribution in [0, 0.1) is 5.92 Å². The Balaban J connectivity index is 0.00000161. The van der Waals surface area contributed by atoms with Gasteiger partial charge in [0, 0.05) is 19.1 Å². The minimum absolute atomic E-state index is 0. The van der Waals surface area contributed by atoms with E-state index in [9.17, 15) is 4.79 Å². The lowest BCUT2D eigenvalue weighted by molar-refractivity contribution is -0.117. The molecule has 2 unspecified atom stereocenters. The first-order valence-corrected chi connectivity index (χ1v) is 7.60. The third-order valence-electron chi connectivity index (χ3n) is 4.25. The Morgan fingerprint density at radius 1 is 1.38 bits per heavy atom. The molecule has 2 N–H and O–H groups in total. The Bertz CT molecular complexity index is 498. The molecule has 2 aliphatic heterocycles. The average Bonchev–Trinajstić information content (AvgIpc) is 2.89. The molecule has 1 aromatic carbocycles. The Morgan fingerprint density at radius 3 is 3.00 bits per heavy atom. The largest absolute Gasteiger partial charge is 0.324 e. The summed E-state index contributed by atoms with van der Waals surface area (Å²) in [6.07, 6.45) is 2.37. The van der Waals surface area contributed by atoms with Crippen LogP contribution in [0.15, 0.2) is 24.3 Å². The molecular formula is C15H21Cl2N3O. The third-order valence-corrected chi connectivity index (χ3v) is 4.58. The lowest BCUT2D eigenvalue weighted by atomic mass is 9.93. The van der Waals surface area contributed by atoms with Gasteiger partial charge in [-0.05, 0) is 37.4 Å². The van der Waals surface area contributed by atoms with Crippen LogP contribution >= 0.6 is 24.0 Å². The molecule has 1 amide bonds. The molecule has 4 nitrogen and oxygen atoms in total. The fourth-order valence-electron chi connectivity index (χ4n) is 3.22. The lowest BCUT2D eigenvalue weighted by Crippen LogP contribution is -2.46. The van der Waals surface area contributed by atoms with Crippen molar-refractivity contribution in [2.75, 3.05) is 31.5 Å². The summed E-state index contributed by atoms with van der Waals surface area (Å²) in [5.74, 6) is 0.722. The van der Waals surface area contributed by atoms with Crippen LogP contribution in [0.4, 0.5) is 5.69 Å². The van der Waals surface area contributed by atoms with E-state index in [4.69, 9.17) is 11.6 Å². The zero-order chi connectivity index (χ0) is 13.9. The maximum atomic E-state index is 12.1. The second-order valence-corrected chi connectivity index (χ2v) is 6.07. The van der Waals surface area contributed by atoms with Crippen molar-refractivity contribution in [3.05, 3.63) is 29.3 Å². The fourth-order valence-corrected chi connectivity index (χ4v) is 3.40. The van der Waals surface area contributed by atoms with Crippen LogP contribution in [-0.4, -0.2) is 43.0 Å². The number of nitrogens with zero attached hydrogens (tertiary/aromatic N) is 1. The first-order valence-electron chi connectivity index (χ1n) is 7.22. The van der Waals surface area contributed by atoms with Crippen molar-refractivity contribution < 1.29 is 4.79 Å². The maximum Gasteiger partial charge on any atom is 0.238 e. The highest BCUT2D eigenvalue weighted by Crippen LogP contribution is 2.24. The van der Waals surface area contributed by atoms with Gasteiger partial charge < -0.3 is 10.6 Å². The number of hydrogen-bond donors (Lipinski definition) is 2. The van der Waals surface area contributed by atoms with Crippen molar-refractivity contribution in [2.24, 2.45) is 5.92 Å². The summed E-state index contributed by atoms with van der Waals surface area (Å²) in [5, 5.41) is 7.01. The molecule has 0 bridgehead atoms. The van der Waals surface area contributed by atoms with Gasteiger partial charge in [-0.1, -0.05) is 23.7 Å². The molecule has 2 fully saturated rings. The van der Waals surface area contributed by atoms with E-state index in [2.05, 4.69) is 15.5 Å². The normalized spacial score (nSPS) is 25.0. The van der Waals surface area contributed by atoms with E-state index in [-0.39, 0.29) is 18.3 Å². The van der Waals surface area contributed by atoms with E-state index in [0.29, 0.717) is 29.2 Å². The monoisotopic (exact) mass is 329 g/mol. The number of para-hydroxylation sites is 1. The van der Waals surface area contributed by atoms with Crippen LogP contribution in [0.2, 0.25) is 5.02 Å². The standard InChI is InChI=1S/C15H20ClN3O.ClH/c16-12-3-1-2-4-14(12)18-15(20)10-19-8-6-13-11(9-19)5-7-17-13;/h1-4,11,13,17H,5-10H2,(H,18,20);1H. The van der Waals surface area contributed by atoms with E-state index in [1.165, 1.54) is 6.42 Å². The van der Waals surface area contributed by atoms with E-state index in [1.54, 1.807) is 6.07 Å². The molecule has 1 aromatic rings. The van der Waals surface area contributed by atoms with Crippen LogP contribution in [0.3, 0.4) is 0 Å². The SMILES string of the molecule is Cl.O=C(CN1CCC2NCCC2C1)Nc1ccccc1Cl. The average molecular weight is 330 g/mol. The molecule has 2 aliphatic rings. The second-order valence-electron chi connectivity index (χ2n) is 5.66. The molecule has 2 saturated heterocycles. The van der Waals surface area contributed by atoms with Gasteiger partial charge in [0.25, 0.3) is 0 Å². The zero-order valence-electron chi connectivity index (χ0n) is 11.8. The van der Waals surface area contributed by atoms with E-state index < -0.39 is 0 Å². The summed E-state index contributed by atoms with van der Waals surface area (Å²) < 4.78 is 0. The molecule has 116 valence electrons. The summed E-state index contributed by atoms with van der Waals surface area (Å²) in [5.41, 5.74) is 0.691. The summed E-state index contributed by atoms with van der Waals surface area (Å²) >= 11 is 6.05. The van der Waals surface area contributed by atoms with Gasteiger partial charge in [0.15, 0.2) is 0 Å². The van der Waals surface area contributed by atoms with Crippen molar-refractivity contribution in [3.63, 3.8) is 0 Å². The van der Waals surface area contributed by atoms with Crippen molar-refractivity contribution in [1.82, 2.24) is 10.2 Å². The first kappa shape index (κ1) is 16.6. The van der Waals surface area contributed by atoms with Crippen molar-refractivity contribution in [1.29, 1.82) is 0 Å². The van der Waals surface area contributed by atoms with Crippen molar-refractivity contribution in [2.45, 2.75) is 18.9 Å². The smallest absolute Gasteiger partial charge is 0.238 e. The molecule has 0 aliphatic carbocycles. The van der Waals surface area contributed by atoms with Gasteiger partial charge in [-0.25, -0.2) is 0 Å². The minimum atomic E-state index is 0. The number of amides is 1. The molecule has 2 heterocycles. The maximum absolute atomic E-state index is 12.1. The summed E-state index contributed by atoms with van der Waals surface area (Å²) in [6, 6.07) is 8.01. The first-order chi connectivity index (χ1) is 9.72. The number of nitrogens with one attached hydrogen (secondary N) is 2. The Labute approximate surface area is 136 Å². The van der Waals surface area contributed by atoms with Crippen LogP contribution in [-0.2, 0) is 4.79 Å². The fraction of sp³-hybridized carbons (Fsp3) is 0.533. The molecule has 0 spiro atoms. The quantitative estimate of drug-likeness (QED) is 0.894. The van der Waals surface area contributed by atoms with Gasteiger partial charge in [-0.2, -0.15) is 0 Å². The molecule has 21 heavy (non-hydrogen) atoms. The molecule has 6 heteroatoms. The number of rotatable bonds is 3. The molecule has 0 aromatic heterocycles. The number of carbonyl (C=O) groups excluding carboxylic acids is 1. The van der Waals surface area contributed by atoms with Gasteiger partial charge in [-0.3, -0.25) is 9.69 Å². The second kappa shape index (κ2) is 7.45. The predicted octanol–water partition coefficient (Wildman–Crippen LogP) is 2.38. The number of halogens is 2.